The van der Waals surface area contributed by atoms with Gasteiger partial charge >= 0.3 is 0 Å². The van der Waals surface area contributed by atoms with Crippen molar-refractivity contribution in [2.75, 3.05) is 0 Å². The van der Waals surface area contributed by atoms with Crippen molar-refractivity contribution < 1.29 is 93.4 Å². The number of Topliss-reactive ketones (excluding diaryl/α,β-unsaturated/α-hetero) is 2. The lowest BCUT2D eigenvalue weighted by atomic mass is 9.78. The number of carbonyl (C=O) groups excluding carboxylic acids is 3. The van der Waals surface area contributed by atoms with Crippen molar-refractivity contribution in [2.45, 2.75) is 621 Å². The Morgan fingerprint density at radius 1 is 0.342 bits per heavy atom. The third kappa shape index (κ3) is 31.0. The Kier molecular flexibility index (Phi) is 41.9. The maximum atomic E-state index is 14.8. The van der Waals surface area contributed by atoms with Gasteiger partial charge in [0, 0.05) is 44.9 Å². The molecule has 16 aliphatic rings. The normalized spacial score (nSPS) is 38.7. The highest BCUT2D eigenvalue weighted by atomic mass is 28.4. The summed E-state index contributed by atoms with van der Waals surface area (Å²) in [6, 6.07) is 0. The van der Waals surface area contributed by atoms with Crippen molar-refractivity contribution >= 4 is 67.3 Å². The van der Waals surface area contributed by atoms with Crippen LogP contribution in [0.1, 0.15) is 347 Å². The Morgan fingerprint density at radius 2 is 0.651 bits per heavy atom. The SMILES string of the molecule is C=C1CC2CCC(=O)/C=C/[C@H](O[Si](C)(C)C(C)(C)C)[C@@H]3O[C@H]4CC[C@H](CC(=O)C[C@@H]5[C@@H](C)[C@@H](C[C@H](C)CC)O[C@H]5CC5O[C@@H](CCC1O2)C[C@@H](C)C5=C)O[C@@H]4[C@H](O[Si](C)(C)C(C)(C)C)[C@@H]3O[Si](C)(C)C(C)(C)C.C=C1CC2CCC(O)/C=C/[C@H](O[Si](C)(C)C(C)(C)C)[C@@H]3O[C@H]4CC[C@H](CC(=O)C[C@@H]5[C@@H](C)[C@@H](C[C@H](C)CC)O[C@H]5CC5O[C@@H](CCC1O2)C[C@@H](C)C5=C)O[C@@H]4[C@H](O[Si](C)(C)C(C)(C)C)[C@@H]3O[Si](C)(C)C(C)(C)C. The van der Waals surface area contributed by atoms with Crippen molar-refractivity contribution in [1.82, 2.24) is 0 Å². The maximum absolute atomic E-state index is 14.8. The van der Waals surface area contributed by atoms with E-state index in [2.05, 4.69) is 291 Å². The number of carbonyl (C=O) groups is 3. The first-order valence-corrected chi connectivity index (χ1v) is 75.6. The van der Waals surface area contributed by atoms with Crippen LogP contribution in [0.5, 0.6) is 0 Å². The van der Waals surface area contributed by atoms with Gasteiger partial charge in [-0.2, -0.15) is 0 Å². The minimum Gasteiger partial charge on any atom is -0.408 e. The van der Waals surface area contributed by atoms with Crippen LogP contribution >= 0.6 is 0 Å². The number of ketones is 3. The van der Waals surface area contributed by atoms with E-state index in [0.29, 0.717) is 101 Å². The third-order valence-electron chi connectivity index (χ3n) is 39.9. The van der Waals surface area contributed by atoms with Crippen molar-refractivity contribution in [1.29, 1.82) is 0 Å². The number of hydrogen-bond donors (Lipinski definition) is 1. The minimum absolute atomic E-state index is 0.00835. The fourth-order valence-corrected chi connectivity index (χ4v) is 30.8. The fourth-order valence-electron chi connectivity index (χ4n) is 23.1. The number of aliphatic hydroxyl groups is 1. The first-order valence-electron chi connectivity index (χ1n) is 58.2. The van der Waals surface area contributed by atoms with Gasteiger partial charge in [0.2, 0.25) is 0 Å². The molecule has 7 unspecified atom stereocenters. The topological polar surface area (TPSA) is 219 Å². The summed E-state index contributed by atoms with van der Waals surface area (Å²) in [4.78, 5) is 43.7. The summed E-state index contributed by atoms with van der Waals surface area (Å²) in [6.07, 6.45) is 19.0. The predicted octanol–water partition coefficient (Wildman–Crippen LogP) is 28.7. The van der Waals surface area contributed by atoms with Crippen LogP contribution in [0.2, 0.25) is 109 Å². The van der Waals surface area contributed by atoms with Gasteiger partial charge in [0.15, 0.2) is 55.7 Å². The summed E-state index contributed by atoms with van der Waals surface area (Å²) in [5.74, 6) is 2.72. The third-order valence-corrected chi connectivity index (χ3v) is 66.7. The molecular weight excluding hydrogens is 1930 g/mol. The average Bonchev–Trinajstić information content (AvgIpc) is 1.22. The van der Waals surface area contributed by atoms with Gasteiger partial charge in [-0.1, -0.05) is 237 Å². The molecule has 10 saturated heterocycles. The molecule has 16 rings (SSSR count). The molecule has 26 heteroatoms. The van der Waals surface area contributed by atoms with Crippen molar-refractivity contribution in [3.63, 3.8) is 0 Å². The van der Waals surface area contributed by atoms with Gasteiger partial charge in [0.25, 0.3) is 0 Å². The molecule has 0 radical (unpaired) electrons. The zero-order valence-electron chi connectivity index (χ0n) is 99.4. The fraction of sp³-hybridized carbons (Fsp3) is 0.875. The molecule has 16 bridgehead atoms. The molecule has 0 aliphatic carbocycles. The Labute approximate surface area is 895 Å². The van der Waals surface area contributed by atoms with E-state index in [1.807, 2.05) is 12.2 Å². The zero-order valence-corrected chi connectivity index (χ0v) is 105. The van der Waals surface area contributed by atoms with Crippen LogP contribution < -0.4 is 0 Å². The van der Waals surface area contributed by atoms with Gasteiger partial charge in [-0.15, -0.1) is 0 Å². The molecule has 16 aliphatic heterocycles. The number of fused-ring (bicyclic) bond motifs is 4. The van der Waals surface area contributed by atoms with Gasteiger partial charge in [0.1, 0.15) is 60.4 Å². The Bertz CT molecular complexity index is 4380. The summed E-state index contributed by atoms with van der Waals surface area (Å²) in [6.45, 7) is 105. The summed E-state index contributed by atoms with van der Waals surface area (Å²) < 4.78 is 117. The quantitative estimate of drug-likeness (QED) is 0.0996. The lowest BCUT2D eigenvalue weighted by Gasteiger charge is -2.56. The second-order valence-corrected chi connectivity index (χ2v) is 86.0. The van der Waals surface area contributed by atoms with Gasteiger partial charge in [0.05, 0.1) is 116 Å². The average molecular weight is 2150 g/mol. The zero-order chi connectivity index (χ0) is 109. The Balaban J connectivity index is 0.000000278. The molecule has 0 aromatic carbocycles. The smallest absolute Gasteiger partial charge is 0.193 e. The molecular formula is C120H214O20Si6. The van der Waals surface area contributed by atoms with E-state index in [-0.39, 0.29) is 169 Å². The molecule has 10 fully saturated rings. The van der Waals surface area contributed by atoms with E-state index in [4.69, 9.17) is 73.9 Å². The van der Waals surface area contributed by atoms with Gasteiger partial charge < -0.3 is 79.0 Å². The molecule has 0 amide bonds. The second-order valence-electron chi connectivity index (χ2n) is 57.5. The van der Waals surface area contributed by atoms with E-state index in [1.165, 1.54) is 0 Å². The first-order chi connectivity index (χ1) is 67.2. The van der Waals surface area contributed by atoms with E-state index < -0.39 is 117 Å². The van der Waals surface area contributed by atoms with Crippen LogP contribution in [0, 0.1) is 47.3 Å². The number of ether oxygens (including phenoxy) is 10. The van der Waals surface area contributed by atoms with Crippen LogP contribution in [0.4, 0.5) is 0 Å². The Hall–Kier alpha value is -1.93. The van der Waals surface area contributed by atoms with Crippen LogP contribution in [-0.4, -0.2) is 237 Å². The van der Waals surface area contributed by atoms with E-state index in [9.17, 15) is 19.5 Å². The van der Waals surface area contributed by atoms with Crippen LogP contribution in [-0.2, 0) is 88.3 Å². The van der Waals surface area contributed by atoms with Crippen molar-refractivity contribution in [2.24, 2.45) is 47.3 Å². The highest BCUT2D eigenvalue weighted by molar-refractivity contribution is 6.76. The minimum atomic E-state index is -2.54. The van der Waals surface area contributed by atoms with Gasteiger partial charge in [-0.3, -0.25) is 14.4 Å². The molecule has 35 atom stereocenters. The van der Waals surface area contributed by atoms with Gasteiger partial charge in [-0.05, 0) is 294 Å². The Morgan fingerprint density at radius 3 is 1.00 bits per heavy atom. The van der Waals surface area contributed by atoms with E-state index in [1.54, 1.807) is 6.08 Å². The molecule has 0 saturated carbocycles. The second kappa shape index (κ2) is 49.3. The molecule has 0 spiro atoms. The molecule has 0 aromatic heterocycles. The molecule has 146 heavy (non-hydrogen) atoms. The van der Waals surface area contributed by atoms with Crippen LogP contribution in [0.25, 0.3) is 0 Å². The number of rotatable bonds is 18. The summed E-state index contributed by atoms with van der Waals surface area (Å²) in [5.41, 5.74) is 4.48. The van der Waals surface area contributed by atoms with Crippen LogP contribution in [0.3, 0.4) is 0 Å². The first kappa shape index (κ1) is 124. The molecule has 838 valence electrons. The van der Waals surface area contributed by atoms with Gasteiger partial charge in [-0.25, -0.2) is 0 Å². The predicted molar refractivity (Wildman–Crippen MR) is 608 cm³/mol. The highest BCUT2D eigenvalue weighted by Gasteiger charge is 2.62. The van der Waals surface area contributed by atoms with Crippen molar-refractivity contribution in [3.05, 3.63) is 72.9 Å². The number of hydrogen-bond acceptors (Lipinski definition) is 20. The number of aliphatic hydroxyl groups excluding tert-OH is 1. The summed E-state index contributed by atoms with van der Waals surface area (Å²) >= 11 is 0. The number of allylic oxidation sites excluding steroid dienone is 1. The highest BCUT2D eigenvalue weighted by Crippen LogP contribution is 2.55. The molecule has 1 N–H and O–H groups in total. The van der Waals surface area contributed by atoms with E-state index >= 15 is 0 Å². The van der Waals surface area contributed by atoms with E-state index in [0.717, 1.165) is 112 Å². The lowest BCUT2D eigenvalue weighted by Crippen LogP contribution is -2.69. The summed E-state index contributed by atoms with van der Waals surface area (Å²) in [7, 11) is -15.0. The maximum Gasteiger partial charge on any atom is 0.193 e. The summed E-state index contributed by atoms with van der Waals surface area (Å²) in [5, 5.41) is 11.2. The largest absolute Gasteiger partial charge is 0.408 e. The molecule has 20 nitrogen and oxygen atoms in total. The standard InChI is InChI=1S/C60H108O10Si3.C60H106O10Si3/c2*1-22-37(2)31-51-41(6)47-35-43(62)34-46-27-30-49-54(65-46)56(69-72(18,19)59(10,11)12)57(70-73(20,21)60(13,14)15)55(67-49)50(68-71(16,17)58(7,8)9)28-24-42(61)23-25-44-33-39(4)48(63-44)29-26-45-32-38(3)40(5)52(64-45)36-53(47)66-51/h24,28,37-38,41-42,44-57,61H,4-5,22-23,25-27,29-36H2,1-3,6-21H3;24,28,37-38,41,44-57H,4-5,22-23,25-27,29-36H2,1-3,6-21H3/b2*28-24+/t37-,38-,41-,42?,44?,45+,46-,47-,48?,49+,50+,51-,52?,53+,54+,55+,56+,57-;37-,38-,41-,44?,45+,46-,47-,48?,49+,50+,51-,52?,53+,54+,55+,56+,57-/m11/s1. The molecule has 16 heterocycles. The van der Waals surface area contributed by atoms with Crippen LogP contribution in [0.15, 0.2) is 72.9 Å². The monoisotopic (exact) mass is 2140 g/mol. The molecule has 0 aromatic rings. The van der Waals surface area contributed by atoms with Crippen molar-refractivity contribution in [3.8, 4) is 0 Å². The lowest BCUT2D eigenvalue weighted by molar-refractivity contribution is -0.266.